The zero-order valence-electron chi connectivity index (χ0n) is 24.2. The van der Waals surface area contributed by atoms with Crippen molar-refractivity contribution in [2.75, 3.05) is 16.0 Å². The Balaban J connectivity index is 1.36. The standard InChI is InChI=1S/C35H24ClN3O7S/c36-25-7-1-6-22(15-25)33(41)37-26-16-23(34(42)38-31-8-2-4-20-18-27(40)10-12-29(20)31)14-24(17-26)35(43)39-32-9-3-5-21-19-28(47(44,45)46)11-13-30(21)32/h1-19,40H,(H,37,41)(H,38,42)(H,39,43)(H,44,45,46). The van der Waals surface area contributed by atoms with Gasteiger partial charge >= 0.3 is 0 Å². The molecule has 0 atom stereocenters. The summed E-state index contributed by atoms with van der Waals surface area (Å²) in [6.07, 6.45) is 0. The highest BCUT2D eigenvalue weighted by Crippen LogP contribution is 2.29. The summed E-state index contributed by atoms with van der Waals surface area (Å²) >= 11 is 6.06. The summed E-state index contributed by atoms with van der Waals surface area (Å²) in [5.41, 5.74) is 1.32. The van der Waals surface area contributed by atoms with Gasteiger partial charge in [-0.3, -0.25) is 18.9 Å². The first-order chi connectivity index (χ1) is 22.4. The lowest BCUT2D eigenvalue weighted by atomic mass is 10.0. The Hall–Kier alpha value is -5.75. The van der Waals surface area contributed by atoms with Gasteiger partial charge in [0.2, 0.25) is 0 Å². The van der Waals surface area contributed by atoms with Crippen LogP contribution in [0.15, 0.2) is 120 Å². The van der Waals surface area contributed by atoms with Gasteiger partial charge in [-0.25, -0.2) is 0 Å². The van der Waals surface area contributed by atoms with Crippen LogP contribution in [0.5, 0.6) is 5.75 Å². The largest absolute Gasteiger partial charge is 0.508 e. The minimum Gasteiger partial charge on any atom is -0.508 e. The molecule has 6 aromatic rings. The molecular formula is C35H24ClN3O7S. The fourth-order valence-corrected chi connectivity index (χ4v) is 5.80. The molecule has 0 aliphatic rings. The van der Waals surface area contributed by atoms with Gasteiger partial charge in [-0.2, -0.15) is 8.42 Å². The third kappa shape index (κ3) is 6.92. The van der Waals surface area contributed by atoms with E-state index in [2.05, 4.69) is 16.0 Å². The Bertz CT molecular complexity index is 2360. The van der Waals surface area contributed by atoms with Gasteiger partial charge in [0.25, 0.3) is 27.8 Å². The van der Waals surface area contributed by atoms with E-state index in [4.69, 9.17) is 11.6 Å². The number of carbonyl (C=O) groups excluding carboxylic acids is 3. The van der Waals surface area contributed by atoms with E-state index in [0.29, 0.717) is 37.9 Å². The number of carbonyl (C=O) groups is 3. The van der Waals surface area contributed by atoms with Crippen LogP contribution in [0.2, 0.25) is 5.02 Å². The van der Waals surface area contributed by atoms with Crippen molar-refractivity contribution in [1.82, 2.24) is 0 Å². The average Bonchev–Trinajstić information content (AvgIpc) is 3.04. The number of phenols is 1. The van der Waals surface area contributed by atoms with Crippen molar-refractivity contribution >= 4 is 78.0 Å². The predicted molar refractivity (Wildman–Crippen MR) is 181 cm³/mol. The van der Waals surface area contributed by atoms with Crippen LogP contribution >= 0.6 is 11.6 Å². The van der Waals surface area contributed by atoms with Crippen molar-refractivity contribution in [2.24, 2.45) is 0 Å². The van der Waals surface area contributed by atoms with Gasteiger partial charge in [0, 0.05) is 49.5 Å². The van der Waals surface area contributed by atoms with Gasteiger partial charge in [0.15, 0.2) is 0 Å². The topological polar surface area (TPSA) is 162 Å². The number of benzene rings is 6. The van der Waals surface area contributed by atoms with Crippen LogP contribution < -0.4 is 16.0 Å². The van der Waals surface area contributed by atoms with Crippen molar-refractivity contribution in [3.05, 3.63) is 137 Å². The zero-order valence-corrected chi connectivity index (χ0v) is 25.8. The number of anilines is 3. The summed E-state index contributed by atoms with van der Waals surface area (Å²) in [5.74, 6) is -1.63. The molecule has 6 rings (SSSR count). The van der Waals surface area contributed by atoms with Gasteiger partial charge in [-0.1, -0.05) is 48.0 Å². The van der Waals surface area contributed by atoms with Crippen molar-refractivity contribution in [3.8, 4) is 5.75 Å². The summed E-state index contributed by atoms with van der Waals surface area (Å²) in [5, 5.41) is 20.9. The van der Waals surface area contributed by atoms with Gasteiger partial charge < -0.3 is 21.1 Å². The van der Waals surface area contributed by atoms with E-state index in [9.17, 15) is 32.5 Å². The monoisotopic (exact) mass is 665 g/mol. The summed E-state index contributed by atoms with van der Waals surface area (Å²) in [6, 6.07) is 29.3. The number of hydrogen-bond donors (Lipinski definition) is 5. The molecule has 0 aromatic heterocycles. The Labute approximate surface area is 273 Å². The minimum absolute atomic E-state index is 0.0356. The van der Waals surface area contributed by atoms with E-state index in [1.54, 1.807) is 66.7 Å². The second kappa shape index (κ2) is 12.6. The molecule has 0 aliphatic carbocycles. The lowest BCUT2D eigenvalue weighted by molar-refractivity contribution is 0.101. The quantitative estimate of drug-likeness (QED) is 0.111. The number of nitrogens with one attached hydrogen (secondary N) is 3. The summed E-state index contributed by atoms with van der Waals surface area (Å²) in [4.78, 5) is 40.0. The molecular weight excluding hydrogens is 642 g/mol. The van der Waals surface area contributed by atoms with Crippen LogP contribution in [0.25, 0.3) is 21.5 Å². The molecule has 0 spiro atoms. The normalized spacial score (nSPS) is 11.3. The number of amides is 3. The molecule has 0 saturated carbocycles. The van der Waals surface area contributed by atoms with E-state index in [-0.39, 0.29) is 33.0 Å². The molecule has 0 saturated heterocycles. The smallest absolute Gasteiger partial charge is 0.294 e. The maximum absolute atomic E-state index is 13.6. The highest BCUT2D eigenvalue weighted by atomic mass is 35.5. The SMILES string of the molecule is O=C(Nc1cc(C(=O)Nc2cccc3cc(O)ccc23)cc(C(=O)Nc2cccc3cc(S(=O)(=O)O)ccc23)c1)c1cccc(Cl)c1. The molecule has 12 heteroatoms. The number of phenolic OH excluding ortho intramolecular Hbond substituents is 1. The minimum atomic E-state index is -4.44. The fraction of sp³-hybridized carbons (Fsp3) is 0. The lowest BCUT2D eigenvalue weighted by Crippen LogP contribution is -2.18. The van der Waals surface area contributed by atoms with E-state index in [1.807, 2.05) is 0 Å². The molecule has 0 bridgehead atoms. The van der Waals surface area contributed by atoms with Gasteiger partial charge in [-0.15, -0.1) is 0 Å². The molecule has 6 aromatic carbocycles. The molecule has 234 valence electrons. The summed E-state index contributed by atoms with van der Waals surface area (Å²) in [6.45, 7) is 0. The van der Waals surface area contributed by atoms with Crippen LogP contribution in [0.1, 0.15) is 31.1 Å². The van der Waals surface area contributed by atoms with E-state index in [1.165, 1.54) is 48.5 Å². The Morgan fingerprint density at radius 1 is 0.574 bits per heavy atom. The second-order valence-corrected chi connectivity index (χ2v) is 12.4. The maximum atomic E-state index is 13.6. The number of aromatic hydroxyl groups is 1. The van der Waals surface area contributed by atoms with Crippen LogP contribution in [0, 0.1) is 0 Å². The number of halogens is 1. The van der Waals surface area contributed by atoms with Crippen LogP contribution in [0.4, 0.5) is 17.1 Å². The van der Waals surface area contributed by atoms with Gasteiger partial charge in [0.05, 0.1) is 4.90 Å². The van der Waals surface area contributed by atoms with Crippen LogP contribution in [-0.2, 0) is 10.1 Å². The first-order valence-electron chi connectivity index (χ1n) is 14.0. The van der Waals surface area contributed by atoms with E-state index in [0.717, 1.165) is 0 Å². The van der Waals surface area contributed by atoms with Crippen molar-refractivity contribution in [3.63, 3.8) is 0 Å². The number of hydrogen-bond acceptors (Lipinski definition) is 6. The highest BCUT2D eigenvalue weighted by molar-refractivity contribution is 7.85. The molecule has 10 nitrogen and oxygen atoms in total. The molecule has 3 amide bonds. The Morgan fingerprint density at radius 3 is 1.72 bits per heavy atom. The van der Waals surface area contributed by atoms with Gasteiger partial charge in [-0.05, 0) is 89.6 Å². The molecule has 5 N–H and O–H groups in total. The highest BCUT2D eigenvalue weighted by Gasteiger charge is 2.18. The number of fused-ring (bicyclic) bond motifs is 2. The summed E-state index contributed by atoms with van der Waals surface area (Å²) < 4.78 is 32.7. The van der Waals surface area contributed by atoms with E-state index < -0.39 is 27.8 Å². The molecule has 0 unspecified atom stereocenters. The molecule has 0 heterocycles. The van der Waals surface area contributed by atoms with Crippen molar-refractivity contribution in [1.29, 1.82) is 0 Å². The molecule has 0 radical (unpaired) electrons. The maximum Gasteiger partial charge on any atom is 0.294 e. The van der Waals surface area contributed by atoms with Crippen molar-refractivity contribution < 1.29 is 32.5 Å². The van der Waals surface area contributed by atoms with Crippen LogP contribution in [0.3, 0.4) is 0 Å². The van der Waals surface area contributed by atoms with E-state index >= 15 is 0 Å². The molecule has 0 aliphatic heterocycles. The third-order valence-corrected chi connectivity index (χ3v) is 8.40. The number of rotatable bonds is 7. The van der Waals surface area contributed by atoms with Gasteiger partial charge in [0.1, 0.15) is 5.75 Å². The fourth-order valence-electron chi connectivity index (χ4n) is 5.10. The zero-order chi connectivity index (χ0) is 33.3. The lowest BCUT2D eigenvalue weighted by Gasteiger charge is -2.14. The Morgan fingerprint density at radius 2 is 1.13 bits per heavy atom. The van der Waals surface area contributed by atoms with Crippen molar-refractivity contribution in [2.45, 2.75) is 4.90 Å². The average molecular weight is 666 g/mol. The molecule has 47 heavy (non-hydrogen) atoms. The second-order valence-electron chi connectivity index (χ2n) is 10.5. The molecule has 0 fully saturated rings. The predicted octanol–water partition coefficient (Wildman–Crippen LogP) is 7.36. The first kappa shape index (κ1) is 31.2. The Kier molecular flexibility index (Phi) is 8.35. The van der Waals surface area contributed by atoms with Crippen LogP contribution in [-0.4, -0.2) is 35.8 Å². The third-order valence-electron chi connectivity index (χ3n) is 7.31. The first-order valence-corrected chi connectivity index (χ1v) is 15.8. The summed E-state index contributed by atoms with van der Waals surface area (Å²) in [7, 11) is -4.44.